The van der Waals surface area contributed by atoms with Crippen LogP contribution in [0.15, 0.2) is 18.2 Å². The molecule has 162 valence electrons. The van der Waals surface area contributed by atoms with Crippen molar-refractivity contribution in [1.82, 2.24) is 19.6 Å². The van der Waals surface area contributed by atoms with Crippen LogP contribution in [0.5, 0.6) is 5.75 Å². The number of nitrogens with zero attached hydrogens (tertiary/aromatic N) is 4. The highest BCUT2D eigenvalue weighted by molar-refractivity contribution is 5.91. The number of aromatic nitrogens is 2. The highest BCUT2D eigenvalue weighted by Gasteiger charge is 2.17. The van der Waals surface area contributed by atoms with Crippen LogP contribution < -0.4 is 5.32 Å². The summed E-state index contributed by atoms with van der Waals surface area (Å²) in [6.07, 6.45) is 6.22. The number of piperidine rings is 1. The molecule has 3 rings (SSSR count). The Hall–Kier alpha value is -1.79. The molecule has 1 aliphatic heterocycles. The summed E-state index contributed by atoms with van der Waals surface area (Å²) in [6, 6.07) is 6.17. The number of fused-ring (bicyclic) bond motifs is 1. The van der Waals surface area contributed by atoms with E-state index in [9.17, 15) is 5.11 Å². The standard InChI is InChI=1S/C23H39N5O/c1-4-26(5-2)14-9-17-28-22-11-10-20(29)18-21(22)23(25-28)24-13-12-19(3)27-15-7-6-8-16-27/h10-11,18-19,29H,4-9,12-17H2,1-3H3,(H,24,25). The molecule has 1 atom stereocenters. The maximum absolute atomic E-state index is 9.98. The zero-order chi connectivity index (χ0) is 20.6. The van der Waals surface area contributed by atoms with Crippen LogP contribution in [0.25, 0.3) is 10.9 Å². The first kappa shape index (κ1) is 21.9. The molecule has 1 saturated heterocycles. The summed E-state index contributed by atoms with van der Waals surface area (Å²) in [5, 5.41) is 19.4. The number of aromatic hydroxyl groups is 1. The lowest BCUT2D eigenvalue weighted by Crippen LogP contribution is -2.38. The third-order valence-electron chi connectivity index (χ3n) is 6.34. The van der Waals surface area contributed by atoms with Gasteiger partial charge in [-0.25, -0.2) is 0 Å². The van der Waals surface area contributed by atoms with Crippen molar-refractivity contribution in [2.24, 2.45) is 0 Å². The van der Waals surface area contributed by atoms with Crippen LogP contribution in [-0.4, -0.2) is 70.0 Å². The molecule has 0 amide bonds. The van der Waals surface area contributed by atoms with Crippen molar-refractivity contribution in [3.05, 3.63) is 18.2 Å². The molecule has 0 aliphatic carbocycles. The SMILES string of the molecule is CCN(CC)CCCn1nc(NCCC(C)N2CCCCC2)c2cc(O)ccc21. The minimum atomic E-state index is 0.296. The van der Waals surface area contributed by atoms with E-state index < -0.39 is 0 Å². The van der Waals surface area contributed by atoms with Crippen LogP contribution in [-0.2, 0) is 6.54 Å². The lowest BCUT2D eigenvalue weighted by atomic mass is 10.1. The van der Waals surface area contributed by atoms with Crippen LogP contribution in [0.1, 0.15) is 52.9 Å². The smallest absolute Gasteiger partial charge is 0.156 e. The molecule has 0 saturated carbocycles. The van der Waals surface area contributed by atoms with Crippen molar-refractivity contribution in [2.75, 3.05) is 44.6 Å². The van der Waals surface area contributed by atoms with E-state index in [2.05, 4.69) is 40.6 Å². The van der Waals surface area contributed by atoms with Crippen LogP contribution in [0.3, 0.4) is 0 Å². The predicted molar refractivity (Wildman–Crippen MR) is 122 cm³/mol. The fourth-order valence-corrected chi connectivity index (χ4v) is 4.39. The van der Waals surface area contributed by atoms with E-state index in [0.29, 0.717) is 11.8 Å². The Morgan fingerprint density at radius 2 is 1.93 bits per heavy atom. The number of benzene rings is 1. The van der Waals surface area contributed by atoms with Crippen molar-refractivity contribution >= 4 is 16.7 Å². The van der Waals surface area contributed by atoms with Gasteiger partial charge in [0.25, 0.3) is 0 Å². The van der Waals surface area contributed by atoms with E-state index in [1.54, 1.807) is 6.07 Å². The van der Waals surface area contributed by atoms with E-state index in [-0.39, 0.29) is 0 Å². The number of likely N-dealkylation sites (tertiary alicyclic amines) is 1. The van der Waals surface area contributed by atoms with Crippen LogP contribution in [0.4, 0.5) is 5.82 Å². The van der Waals surface area contributed by atoms with Crippen molar-refractivity contribution in [2.45, 2.75) is 65.5 Å². The summed E-state index contributed by atoms with van der Waals surface area (Å²) >= 11 is 0. The fraction of sp³-hybridized carbons (Fsp3) is 0.696. The first-order valence-corrected chi connectivity index (χ1v) is 11.5. The van der Waals surface area contributed by atoms with E-state index in [1.165, 1.54) is 32.4 Å². The van der Waals surface area contributed by atoms with Crippen molar-refractivity contribution in [1.29, 1.82) is 0 Å². The summed E-state index contributed by atoms with van der Waals surface area (Å²) in [7, 11) is 0. The van der Waals surface area contributed by atoms with Crippen molar-refractivity contribution in [3.63, 3.8) is 0 Å². The number of anilines is 1. The highest BCUT2D eigenvalue weighted by Crippen LogP contribution is 2.27. The summed E-state index contributed by atoms with van der Waals surface area (Å²) < 4.78 is 2.09. The molecule has 6 nitrogen and oxygen atoms in total. The maximum atomic E-state index is 9.98. The van der Waals surface area contributed by atoms with Gasteiger partial charge < -0.3 is 20.2 Å². The average molecular weight is 402 g/mol. The monoisotopic (exact) mass is 401 g/mol. The molecular weight excluding hydrogens is 362 g/mol. The van der Waals surface area contributed by atoms with E-state index in [4.69, 9.17) is 5.10 Å². The number of hydrogen-bond donors (Lipinski definition) is 2. The number of nitrogens with one attached hydrogen (secondary N) is 1. The first-order chi connectivity index (χ1) is 14.1. The quantitative estimate of drug-likeness (QED) is 0.592. The lowest BCUT2D eigenvalue weighted by Gasteiger charge is -2.32. The molecule has 6 heteroatoms. The van der Waals surface area contributed by atoms with Crippen molar-refractivity contribution in [3.8, 4) is 5.75 Å². The molecule has 2 aromatic rings. The Balaban J connectivity index is 1.61. The molecule has 1 aliphatic rings. The summed E-state index contributed by atoms with van der Waals surface area (Å²) in [5.74, 6) is 1.19. The third kappa shape index (κ3) is 5.86. The normalized spacial score (nSPS) is 16.6. The molecule has 0 spiro atoms. The summed E-state index contributed by atoms with van der Waals surface area (Å²) in [6.45, 7) is 14.3. The summed E-state index contributed by atoms with van der Waals surface area (Å²) in [4.78, 5) is 5.06. The van der Waals surface area contributed by atoms with Crippen LogP contribution in [0.2, 0.25) is 0 Å². The molecule has 1 aromatic heterocycles. The Kier molecular flexibility index (Phi) is 8.19. The molecule has 29 heavy (non-hydrogen) atoms. The zero-order valence-electron chi connectivity index (χ0n) is 18.5. The zero-order valence-corrected chi connectivity index (χ0v) is 18.5. The van der Waals surface area contributed by atoms with E-state index in [0.717, 1.165) is 62.3 Å². The maximum Gasteiger partial charge on any atom is 0.156 e. The molecular formula is C23H39N5O. The molecule has 1 aromatic carbocycles. The van der Waals surface area contributed by atoms with Gasteiger partial charge in [0.15, 0.2) is 5.82 Å². The Bertz CT molecular complexity index is 749. The number of aryl methyl sites for hydroxylation is 1. The van der Waals surface area contributed by atoms with Gasteiger partial charge >= 0.3 is 0 Å². The number of hydrogen-bond acceptors (Lipinski definition) is 5. The topological polar surface area (TPSA) is 56.6 Å². The number of phenolic OH excluding ortho intramolecular Hbond substituents is 1. The van der Waals surface area contributed by atoms with Gasteiger partial charge in [0.2, 0.25) is 0 Å². The molecule has 1 unspecified atom stereocenters. The minimum Gasteiger partial charge on any atom is -0.508 e. The lowest BCUT2D eigenvalue weighted by molar-refractivity contribution is 0.169. The Labute approximate surface area is 175 Å². The minimum absolute atomic E-state index is 0.296. The molecule has 2 heterocycles. The van der Waals surface area contributed by atoms with Gasteiger partial charge in [-0.15, -0.1) is 0 Å². The average Bonchev–Trinajstić information content (AvgIpc) is 3.08. The second kappa shape index (κ2) is 10.8. The van der Waals surface area contributed by atoms with Gasteiger partial charge in [0, 0.05) is 24.5 Å². The molecule has 2 N–H and O–H groups in total. The molecule has 0 bridgehead atoms. The van der Waals surface area contributed by atoms with Gasteiger partial charge in [-0.2, -0.15) is 5.10 Å². The van der Waals surface area contributed by atoms with Gasteiger partial charge in [-0.05, 0) is 83.5 Å². The second-order valence-electron chi connectivity index (χ2n) is 8.31. The highest BCUT2D eigenvalue weighted by atomic mass is 16.3. The molecule has 1 fully saturated rings. The second-order valence-corrected chi connectivity index (χ2v) is 8.31. The third-order valence-corrected chi connectivity index (χ3v) is 6.34. The Morgan fingerprint density at radius 3 is 2.66 bits per heavy atom. The van der Waals surface area contributed by atoms with Gasteiger partial charge in [0.1, 0.15) is 5.75 Å². The largest absolute Gasteiger partial charge is 0.508 e. The van der Waals surface area contributed by atoms with Gasteiger partial charge in [0.05, 0.1) is 5.52 Å². The van der Waals surface area contributed by atoms with E-state index in [1.807, 2.05) is 12.1 Å². The van der Waals surface area contributed by atoms with Crippen LogP contribution >= 0.6 is 0 Å². The fourth-order valence-electron chi connectivity index (χ4n) is 4.39. The van der Waals surface area contributed by atoms with Gasteiger partial charge in [-0.1, -0.05) is 20.3 Å². The van der Waals surface area contributed by atoms with Crippen LogP contribution in [0, 0.1) is 0 Å². The van der Waals surface area contributed by atoms with Gasteiger partial charge in [-0.3, -0.25) is 4.68 Å². The number of rotatable bonds is 11. The number of phenols is 1. The molecule has 0 radical (unpaired) electrons. The van der Waals surface area contributed by atoms with E-state index >= 15 is 0 Å². The summed E-state index contributed by atoms with van der Waals surface area (Å²) in [5.41, 5.74) is 1.09. The first-order valence-electron chi connectivity index (χ1n) is 11.5. The predicted octanol–water partition coefficient (Wildman–Crippen LogP) is 4.15. The van der Waals surface area contributed by atoms with Crippen molar-refractivity contribution < 1.29 is 5.11 Å². The Morgan fingerprint density at radius 1 is 1.17 bits per heavy atom.